The highest BCUT2D eigenvalue weighted by Gasteiger charge is 2.39. The highest BCUT2D eigenvalue weighted by atomic mass is 32.2. The molecule has 0 radical (unpaired) electrons. The summed E-state index contributed by atoms with van der Waals surface area (Å²) in [4.78, 5) is 21.8. The Labute approximate surface area is 213 Å². The lowest BCUT2D eigenvalue weighted by Gasteiger charge is -2.35. The number of nitrogens with one attached hydrogen (secondary N) is 1. The Kier molecular flexibility index (Phi) is 7.02. The molecule has 172 valence electrons. The fourth-order valence-electron chi connectivity index (χ4n) is 4.06. The number of pyridine rings is 1. The summed E-state index contributed by atoms with van der Waals surface area (Å²) < 4.78 is 0.305. The number of hydrogen-bond donors (Lipinski definition) is 1. The maximum absolute atomic E-state index is 13.2. The van der Waals surface area contributed by atoms with E-state index in [9.17, 15) is 4.79 Å². The third-order valence-corrected chi connectivity index (χ3v) is 8.26. The van der Waals surface area contributed by atoms with Crippen LogP contribution in [0.4, 0.5) is 0 Å². The normalized spacial score (nSPS) is 11.2. The Morgan fingerprint density at radius 3 is 1.89 bits per heavy atom. The van der Waals surface area contributed by atoms with Crippen molar-refractivity contribution in [3.05, 3.63) is 149 Å². The van der Waals surface area contributed by atoms with Crippen molar-refractivity contribution in [3.8, 4) is 0 Å². The summed E-state index contributed by atoms with van der Waals surface area (Å²) in [7, 11) is 0. The van der Waals surface area contributed by atoms with E-state index in [1.807, 2.05) is 30.3 Å². The molecule has 0 aliphatic heterocycles. The van der Waals surface area contributed by atoms with E-state index >= 15 is 0 Å². The highest BCUT2D eigenvalue weighted by Crippen LogP contribution is 2.53. The summed E-state index contributed by atoms with van der Waals surface area (Å²) >= 11 is 3.15. The average Bonchev–Trinajstić information content (AvgIpc) is 3.40. The molecule has 3 aromatic carbocycles. The van der Waals surface area contributed by atoms with Crippen LogP contribution < -0.4 is 5.32 Å². The Morgan fingerprint density at radius 1 is 0.800 bits per heavy atom. The molecule has 0 saturated heterocycles. The van der Waals surface area contributed by atoms with Crippen LogP contribution in [0, 0.1) is 0 Å². The molecule has 1 N–H and O–H groups in total. The van der Waals surface area contributed by atoms with Crippen LogP contribution in [-0.2, 0) is 11.3 Å². The molecule has 5 aromatic rings. The zero-order chi connectivity index (χ0) is 23.9. The van der Waals surface area contributed by atoms with E-state index in [4.69, 9.17) is 0 Å². The summed E-state index contributed by atoms with van der Waals surface area (Å²) in [6.45, 7) is 0.398. The van der Waals surface area contributed by atoms with Crippen LogP contribution in [0.3, 0.4) is 0 Å². The van der Waals surface area contributed by atoms with E-state index in [0.717, 1.165) is 26.5 Å². The van der Waals surface area contributed by atoms with Gasteiger partial charge in [-0.2, -0.15) is 0 Å². The summed E-state index contributed by atoms with van der Waals surface area (Å²) in [5.74, 6) is -0.194. The molecule has 0 saturated carbocycles. The minimum Gasteiger partial charge on any atom is -0.347 e. The van der Waals surface area contributed by atoms with Gasteiger partial charge in [-0.25, -0.2) is 4.98 Å². The lowest BCUT2D eigenvalue weighted by Crippen LogP contribution is -2.27. The van der Waals surface area contributed by atoms with E-state index in [2.05, 4.69) is 88.1 Å². The van der Waals surface area contributed by atoms with Gasteiger partial charge in [0.2, 0.25) is 0 Å². The molecule has 6 heteroatoms. The second-order valence-corrected chi connectivity index (χ2v) is 10.3. The Balaban J connectivity index is 1.57. The molecule has 5 rings (SSSR count). The number of rotatable bonds is 8. The van der Waals surface area contributed by atoms with Crippen molar-refractivity contribution in [2.24, 2.45) is 0 Å². The quantitative estimate of drug-likeness (QED) is 0.197. The van der Waals surface area contributed by atoms with Crippen molar-refractivity contribution in [2.45, 2.75) is 15.5 Å². The standard InChI is InChI=1S/C29H23N3OS2/c33-27(31-20-22-11-10-18-30-19-22)26-28(34-21-32-26)35-29(23-12-4-1-5-13-23,24-14-6-2-7-15-24)25-16-8-3-9-17-25/h1-19,21H,20H2,(H,31,33). The second kappa shape index (κ2) is 10.7. The maximum atomic E-state index is 13.2. The van der Waals surface area contributed by atoms with E-state index < -0.39 is 4.75 Å². The number of carbonyl (C=O) groups is 1. The van der Waals surface area contributed by atoms with Crippen LogP contribution in [0.2, 0.25) is 0 Å². The molecule has 0 fully saturated rings. The van der Waals surface area contributed by atoms with Gasteiger partial charge in [0.05, 0.1) is 14.5 Å². The maximum Gasteiger partial charge on any atom is 0.272 e. The van der Waals surface area contributed by atoms with E-state index in [0.29, 0.717) is 12.2 Å². The Morgan fingerprint density at radius 2 is 1.37 bits per heavy atom. The van der Waals surface area contributed by atoms with Crippen LogP contribution in [-0.4, -0.2) is 15.9 Å². The minimum atomic E-state index is -0.561. The van der Waals surface area contributed by atoms with Crippen LogP contribution in [0.1, 0.15) is 32.7 Å². The smallest absolute Gasteiger partial charge is 0.272 e. The predicted octanol–water partition coefficient (Wildman–Crippen LogP) is 6.55. The lowest BCUT2D eigenvalue weighted by atomic mass is 9.84. The average molecular weight is 494 g/mol. The van der Waals surface area contributed by atoms with Gasteiger partial charge < -0.3 is 5.32 Å². The van der Waals surface area contributed by atoms with Gasteiger partial charge in [-0.1, -0.05) is 109 Å². The topological polar surface area (TPSA) is 54.9 Å². The Hall–Kier alpha value is -3.74. The van der Waals surface area contributed by atoms with Gasteiger partial charge in [0, 0.05) is 18.9 Å². The summed E-state index contributed by atoms with van der Waals surface area (Å²) in [5.41, 5.74) is 6.54. The van der Waals surface area contributed by atoms with Gasteiger partial charge in [-0.3, -0.25) is 9.78 Å². The van der Waals surface area contributed by atoms with Gasteiger partial charge in [0.15, 0.2) is 5.69 Å². The molecule has 0 aliphatic rings. The van der Waals surface area contributed by atoms with Crippen molar-refractivity contribution in [2.75, 3.05) is 0 Å². The van der Waals surface area contributed by atoms with E-state index in [1.165, 1.54) is 11.3 Å². The fourth-order valence-corrected chi connectivity index (χ4v) is 6.55. The first-order valence-electron chi connectivity index (χ1n) is 11.2. The third kappa shape index (κ3) is 4.90. The zero-order valence-corrected chi connectivity index (χ0v) is 20.5. The summed E-state index contributed by atoms with van der Waals surface area (Å²) in [5, 5.41) is 3.00. The summed E-state index contributed by atoms with van der Waals surface area (Å²) in [6.07, 6.45) is 3.47. The molecule has 0 atom stereocenters. The van der Waals surface area contributed by atoms with Gasteiger partial charge in [0.25, 0.3) is 5.91 Å². The van der Waals surface area contributed by atoms with Crippen LogP contribution >= 0.6 is 23.1 Å². The molecule has 0 aliphatic carbocycles. The molecular formula is C29H23N3OS2. The first-order chi connectivity index (χ1) is 17.3. The number of hydrogen-bond acceptors (Lipinski definition) is 5. The van der Waals surface area contributed by atoms with Crippen molar-refractivity contribution in [1.82, 2.24) is 15.3 Å². The van der Waals surface area contributed by atoms with Gasteiger partial charge in [-0.15, -0.1) is 11.3 Å². The second-order valence-electron chi connectivity index (χ2n) is 7.91. The molecule has 0 spiro atoms. The third-order valence-electron chi connectivity index (χ3n) is 5.71. The molecule has 1 amide bonds. The first-order valence-corrected chi connectivity index (χ1v) is 12.9. The molecule has 2 heterocycles. The molecule has 35 heavy (non-hydrogen) atoms. The Bertz CT molecular complexity index is 1280. The van der Waals surface area contributed by atoms with Gasteiger partial charge in [-0.05, 0) is 28.3 Å². The lowest BCUT2D eigenvalue weighted by molar-refractivity contribution is 0.0944. The van der Waals surface area contributed by atoms with Crippen molar-refractivity contribution < 1.29 is 4.79 Å². The minimum absolute atomic E-state index is 0.194. The highest BCUT2D eigenvalue weighted by molar-refractivity contribution is 8.02. The zero-order valence-electron chi connectivity index (χ0n) is 18.9. The number of carbonyl (C=O) groups excluding carboxylic acids is 1. The molecule has 0 unspecified atom stereocenters. The molecule has 4 nitrogen and oxygen atoms in total. The number of aromatic nitrogens is 2. The van der Waals surface area contributed by atoms with Crippen molar-refractivity contribution >= 4 is 29.0 Å². The van der Waals surface area contributed by atoms with Crippen LogP contribution in [0.25, 0.3) is 0 Å². The van der Waals surface area contributed by atoms with Crippen LogP contribution in [0.5, 0.6) is 0 Å². The van der Waals surface area contributed by atoms with E-state index in [1.54, 1.807) is 29.7 Å². The molecule has 2 aromatic heterocycles. The van der Waals surface area contributed by atoms with Gasteiger partial charge in [0.1, 0.15) is 0 Å². The predicted molar refractivity (Wildman–Crippen MR) is 143 cm³/mol. The number of amides is 1. The largest absolute Gasteiger partial charge is 0.347 e. The van der Waals surface area contributed by atoms with Crippen molar-refractivity contribution in [3.63, 3.8) is 0 Å². The number of thioether (sulfide) groups is 1. The fraction of sp³-hybridized carbons (Fsp3) is 0.0690. The first kappa shape index (κ1) is 23.0. The summed E-state index contributed by atoms with van der Waals surface area (Å²) in [6, 6.07) is 35.1. The number of thiazole rings is 1. The monoisotopic (exact) mass is 493 g/mol. The molecule has 0 bridgehead atoms. The number of benzene rings is 3. The van der Waals surface area contributed by atoms with Gasteiger partial charge >= 0.3 is 0 Å². The van der Waals surface area contributed by atoms with Crippen LogP contribution in [0.15, 0.2) is 125 Å². The van der Waals surface area contributed by atoms with E-state index in [-0.39, 0.29) is 5.91 Å². The number of nitrogens with zero attached hydrogens (tertiary/aromatic N) is 2. The van der Waals surface area contributed by atoms with Crippen molar-refractivity contribution in [1.29, 1.82) is 0 Å². The SMILES string of the molecule is O=C(NCc1cccnc1)c1ncsc1SC(c1ccccc1)(c1ccccc1)c1ccccc1. The molecular weight excluding hydrogens is 470 g/mol.